The molecular weight excluding hydrogens is 383 g/mol. The third-order valence-electron chi connectivity index (χ3n) is 3.57. The van der Waals surface area contributed by atoms with Gasteiger partial charge in [0.2, 0.25) is 0 Å². The van der Waals surface area contributed by atoms with E-state index in [0.717, 1.165) is 12.1 Å². The average molecular weight is 400 g/mol. The van der Waals surface area contributed by atoms with Crippen LogP contribution in [0.5, 0.6) is 5.75 Å². The molecule has 0 aliphatic heterocycles. The molecule has 2 rings (SSSR count). The smallest absolute Gasteiger partial charge is 0.416 e. The molecule has 0 saturated heterocycles. The van der Waals surface area contributed by atoms with Crippen LogP contribution in [0.3, 0.4) is 0 Å². The van der Waals surface area contributed by atoms with Gasteiger partial charge in [0.25, 0.3) is 5.91 Å². The van der Waals surface area contributed by atoms with Crippen molar-refractivity contribution >= 4 is 5.91 Å². The van der Waals surface area contributed by atoms with Gasteiger partial charge < -0.3 is 15.8 Å². The normalized spacial score (nSPS) is 12.0. The Morgan fingerprint density at radius 2 is 1.82 bits per heavy atom. The Morgan fingerprint density at radius 1 is 1.14 bits per heavy atom. The minimum absolute atomic E-state index is 0.0252. The van der Waals surface area contributed by atoms with E-state index in [1.807, 2.05) is 0 Å². The summed E-state index contributed by atoms with van der Waals surface area (Å²) in [6, 6.07) is 7.75. The zero-order valence-corrected chi connectivity index (χ0v) is 14.5. The van der Waals surface area contributed by atoms with Crippen LogP contribution in [-0.2, 0) is 12.7 Å². The second-order valence-electron chi connectivity index (χ2n) is 5.73. The minimum atomic E-state index is -4.69. The van der Waals surface area contributed by atoms with Crippen LogP contribution in [0.25, 0.3) is 0 Å². The van der Waals surface area contributed by atoms with E-state index in [2.05, 4.69) is 5.32 Å². The largest absolute Gasteiger partial charge is 0.487 e. The Kier molecular flexibility index (Phi) is 7.11. The predicted octanol–water partition coefficient (Wildman–Crippen LogP) is 3.97. The number of hydrogen-bond donors (Lipinski definition) is 2. The molecule has 28 heavy (non-hydrogen) atoms. The van der Waals surface area contributed by atoms with E-state index in [1.54, 1.807) is 0 Å². The van der Waals surface area contributed by atoms with Crippen molar-refractivity contribution in [2.45, 2.75) is 12.7 Å². The second kappa shape index (κ2) is 9.32. The number of halogens is 5. The lowest BCUT2D eigenvalue weighted by Crippen LogP contribution is -2.23. The Bertz CT molecular complexity index is 848. The maximum Gasteiger partial charge on any atom is 0.416 e. The average Bonchev–Trinajstić information content (AvgIpc) is 2.64. The number of nitrogens with one attached hydrogen (secondary N) is 1. The number of nitrogens with two attached hydrogens (primary N) is 1. The number of rotatable bonds is 7. The molecule has 1 amide bonds. The van der Waals surface area contributed by atoms with Gasteiger partial charge in [-0.2, -0.15) is 13.2 Å². The molecule has 9 heteroatoms. The molecule has 4 nitrogen and oxygen atoms in total. The maximum absolute atomic E-state index is 13.4. The van der Waals surface area contributed by atoms with Crippen LogP contribution < -0.4 is 15.8 Å². The topological polar surface area (TPSA) is 64.3 Å². The number of ether oxygens (including phenoxy) is 1. The summed E-state index contributed by atoms with van der Waals surface area (Å²) in [5.41, 5.74) is 4.22. The Labute approximate surface area is 157 Å². The summed E-state index contributed by atoms with van der Waals surface area (Å²) < 4.78 is 69.8. The van der Waals surface area contributed by atoms with Gasteiger partial charge >= 0.3 is 6.18 Å². The Morgan fingerprint density at radius 3 is 2.43 bits per heavy atom. The van der Waals surface area contributed by atoms with E-state index in [4.69, 9.17) is 10.5 Å². The van der Waals surface area contributed by atoms with Crippen molar-refractivity contribution in [3.05, 3.63) is 76.9 Å². The van der Waals surface area contributed by atoms with E-state index in [-0.39, 0.29) is 30.8 Å². The first-order valence-electron chi connectivity index (χ1n) is 8.11. The molecule has 150 valence electrons. The van der Waals surface area contributed by atoms with Gasteiger partial charge in [0.05, 0.1) is 5.56 Å². The van der Waals surface area contributed by atoms with Crippen LogP contribution in [0.2, 0.25) is 0 Å². The standard InChI is InChI=1S/C19H17F5N2O2/c20-15(5-6-25)11-28-17-3-1-13(2-4-17)18(27)26-10-12-7-14(19(22,23)24)9-16(21)8-12/h1-5,7-9H,6,10-11,25H2,(H,26,27)/b15-5-. The van der Waals surface area contributed by atoms with Crippen molar-refractivity contribution in [2.75, 3.05) is 13.2 Å². The lowest BCUT2D eigenvalue weighted by Gasteiger charge is -2.11. The van der Waals surface area contributed by atoms with E-state index >= 15 is 0 Å². The first kappa shape index (κ1) is 21.4. The summed E-state index contributed by atoms with van der Waals surface area (Å²) >= 11 is 0. The van der Waals surface area contributed by atoms with Crippen molar-refractivity contribution in [1.82, 2.24) is 5.32 Å². The fourth-order valence-electron chi connectivity index (χ4n) is 2.24. The number of carbonyl (C=O) groups excluding carboxylic acids is 1. The van der Waals surface area contributed by atoms with Crippen LogP contribution >= 0.6 is 0 Å². The molecule has 3 N–H and O–H groups in total. The summed E-state index contributed by atoms with van der Waals surface area (Å²) in [6.45, 7) is -0.541. The highest BCUT2D eigenvalue weighted by Crippen LogP contribution is 2.30. The highest BCUT2D eigenvalue weighted by molar-refractivity contribution is 5.94. The zero-order chi connectivity index (χ0) is 20.7. The lowest BCUT2D eigenvalue weighted by atomic mass is 10.1. The van der Waals surface area contributed by atoms with Crippen LogP contribution in [0.1, 0.15) is 21.5 Å². The molecule has 2 aromatic carbocycles. The molecule has 0 spiro atoms. The van der Waals surface area contributed by atoms with Crippen molar-refractivity contribution in [2.24, 2.45) is 5.73 Å². The number of amides is 1. The zero-order valence-electron chi connectivity index (χ0n) is 14.5. The molecule has 0 heterocycles. The minimum Gasteiger partial charge on any atom is -0.487 e. The molecule has 0 aliphatic rings. The van der Waals surface area contributed by atoms with Gasteiger partial charge in [-0.3, -0.25) is 4.79 Å². The van der Waals surface area contributed by atoms with Gasteiger partial charge in [-0.15, -0.1) is 0 Å². The predicted molar refractivity (Wildman–Crippen MR) is 92.8 cm³/mol. The van der Waals surface area contributed by atoms with Crippen LogP contribution in [0.15, 0.2) is 54.4 Å². The first-order valence-corrected chi connectivity index (χ1v) is 8.11. The van der Waals surface area contributed by atoms with Crippen molar-refractivity contribution in [1.29, 1.82) is 0 Å². The third-order valence-corrected chi connectivity index (χ3v) is 3.57. The number of benzene rings is 2. The van der Waals surface area contributed by atoms with E-state index in [0.29, 0.717) is 11.8 Å². The number of hydrogen-bond acceptors (Lipinski definition) is 3. The molecule has 0 bridgehead atoms. The van der Waals surface area contributed by atoms with Crippen molar-refractivity contribution in [3.8, 4) is 5.75 Å². The molecule has 0 unspecified atom stereocenters. The molecule has 0 atom stereocenters. The fourth-order valence-corrected chi connectivity index (χ4v) is 2.24. The number of carbonyl (C=O) groups is 1. The Hall–Kier alpha value is -2.94. The molecule has 2 aromatic rings. The molecular formula is C19H17F5N2O2. The van der Waals surface area contributed by atoms with Crippen molar-refractivity contribution in [3.63, 3.8) is 0 Å². The molecule has 0 saturated carbocycles. The summed E-state index contributed by atoms with van der Waals surface area (Å²) in [4.78, 5) is 12.1. The maximum atomic E-state index is 13.4. The van der Waals surface area contributed by atoms with Gasteiger partial charge in [-0.25, -0.2) is 8.78 Å². The highest BCUT2D eigenvalue weighted by Gasteiger charge is 2.31. The van der Waals surface area contributed by atoms with Gasteiger partial charge in [-0.1, -0.05) is 0 Å². The van der Waals surface area contributed by atoms with E-state index in [1.165, 1.54) is 30.3 Å². The first-order chi connectivity index (χ1) is 13.2. The lowest BCUT2D eigenvalue weighted by molar-refractivity contribution is -0.137. The quantitative estimate of drug-likeness (QED) is 0.692. The van der Waals surface area contributed by atoms with Crippen LogP contribution in [0, 0.1) is 5.82 Å². The van der Waals surface area contributed by atoms with Gasteiger partial charge in [0.1, 0.15) is 24.0 Å². The van der Waals surface area contributed by atoms with Gasteiger partial charge in [0, 0.05) is 18.7 Å². The highest BCUT2D eigenvalue weighted by atomic mass is 19.4. The third kappa shape index (κ3) is 6.34. The van der Waals surface area contributed by atoms with E-state index < -0.39 is 29.3 Å². The summed E-state index contributed by atoms with van der Waals surface area (Å²) in [6.07, 6.45) is -3.52. The molecule has 0 radical (unpaired) electrons. The van der Waals surface area contributed by atoms with Crippen molar-refractivity contribution < 1.29 is 31.5 Å². The van der Waals surface area contributed by atoms with E-state index in [9.17, 15) is 26.7 Å². The molecule has 0 aliphatic carbocycles. The molecule has 0 fully saturated rings. The second-order valence-corrected chi connectivity index (χ2v) is 5.73. The summed E-state index contributed by atoms with van der Waals surface area (Å²) in [5, 5.41) is 2.41. The monoisotopic (exact) mass is 400 g/mol. The molecule has 0 aromatic heterocycles. The van der Waals surface area contributed by atoms with Gasteiger partial charge in [-0.05, 0) is 54.1 Å². The van der Waals surface area contributed by atoms with Crippen LogP contribution in [-0.4, -0.2) is 19.1 Å². The SMILES string of the molecule is NC/C=C(\F)COc1ccc(C(=O)NCc2cc(F)cc(C(F)(F)F)c2)cc1. The number of alkyl halides is 3. The van der Waals surface area contributed by atoms with Crippen LogP contribution in [0.4, 0.5) is 22.0 Å². The fraction of sp³-hybridized carbons (Fsp3) is 0.211. The summed E-state index contributed by atoms with van der Waals surface area (Å²) in [7, 11) is 0. The Balaban J connectivity index is 1.96. The summed E-state index contributed by atoms with van der Waals surface area (Å²) in [5.74, 6) is -1.83. The van der Waals surface area contributed by atoms with Gasteiger partial charge in [0.15, 0.2) is 0 Å².